The van der Waals surface area contributed by atoms with Gasteiger partial charge in [-0.1, -0.05) is 0 Å². The minimum Gasteiger partial charge on any atom is -0.364 e. The van der Waals surface area contributed by atoms with E-state index in [2.05, 4.69) is 10.3 Å². The third kappa shape index (κ3) is 3.42. The topological polar surface area (TPSA) is 85.5 Å². The van der Waals surface area contributed by atoms with Crippen molar-refractivity contribution in [2.24, 2.45) is 0 Å². The van der Waals surface area contributed by atoms with Crippen molar-refractivity contribution in [3.05, 3.63) is 33.7 Å². The highest BCUT2D eigenvalue weighted by atomic mass is 16.2. The summed E-state index contributed by atoms with van der Waals surface area (Å²) in [4.78, 5) is 42.0. The van der Waals surface area contributed by atoms with Crippen LogP contribution in [0.5, 0.6) is 0 Å². The predicted octanol–water partition coefficient (Wildman–Crippen LogP) is 0.171. The molecule has 0 aliphatic carbocycles. The number of rotatable bonds is 2. The van der Waals surface area contributed by atoms with Crippen LogP contribution in [0.1, 0.15) is 23.0 Å². The number of carbonyl (C=O) groups is 2. The number of piperazine rings is 1. The minimum atomic E-state index is -0.285. The maximum absolute atomic E-state index is 12.3. The summed E-state index contributed by atoms with van der Waals surface area (Å²) >= 11 is 0. The Morgan fingerprint density at radius 1 is 1.24 bits per heavy atom. The Balaban J connectivity index is 2.00. The van der Waals surface area contributed by atoms with E-state index < -0.39 is 0 Å². The zero-order valence-electron chi connectivity index (χ0n) is 12.3. The summed E-state index contributed by atoms with van der Waals surface area (Å²) in [6.07, 6.45) is 1.45. The number of hydrogen-bond acceptors (Lipinski definition) is 3. The molecule has 1 aromatic heterocycles. The van der Waals surface area contributed by atoms with Crippen LogP contribution in [-0.2, 0) is 0 Å². The summed E-state index contributed by atoms with van der Waals surface area (Å²) in [6.45, 7) is 6.02. The van der Waals surface area contributed by atoms with Gasteiger partial charge >= 0.3 is 6.03 Å². The fourth-order valence-corrected chi connectivity index (χ4v) is 2.29. The molecule has 1 aliphatic heterocycles. The van der Waals surface area contributed by atoms with Crippen molar-refractivity contribution < 1.29 is 9.59 Å². The van der Waals surface area contributed by atoms with E-state index in [9.17, 15) is 14.4 Å². The molecule has 1 aromatic rings. The van der Waals surface area contributed by atoms with Gasteiger partial charge < -0.3 is 20.1 Å². The van der Waals surface area contributed by atoms with Gasteiger partial charge in [-0.25, -0.2) is 4.79 Å². The van der Waals surface area contributed by atoms with Crippen LogP contribution in [-0.4, -0.2) is 59.4 Å². The van der Waals surface area contributed by atoms with Crippen molar-refractivity contribution in [2.75, 3.05) is 32.7 Å². The largest absolute Gasteiger partial charge is 0.364 e. The van der Waals surface area contributed by atoms with Gasteiger partial charge in [0.2, 0.25) is 0 Å². The number of nitrogens with one attached hydrogen (secondary N) is 2. The number of carbonyl (C=O) groups excluding carboxylic acids is 2. The number of aryl methyl sites for hydroxylation is 1. The molecule has 0 saturated carbocycles. The number of amides is 3. The molecule has 0 aromatic carbocycles. The molecular weight excluding hydrogens is 272 g/mol. The summed E-state index contributed by atoms with van der Waals surface area (Å²) in [7, 11) is 0. The van der Waals surface area contributed by atoms with Crippen LogP contribution in [0.3, 0.4) is 0 Å². The third-order valence-electron chi connectivity index (χ3n) is 3.47. The minimum absolute atomic E-state index is 0.113. The first kappa shape index (κ1) is 15.1. The van der Waals surface area contributed by atoms with Gasteiger partial charge in [0.05, 0.1) is 0 Å². The lowest BCUT2D eigenvalue weighted by Gasteiger charge is -2.34. The number of aromatic nitrogens is 1. The lowest BCUT2D eigenvalue weighted by molar-refractivity contribution is 0.0663. The van der Waals surface area contributed by atoms with Gasteiger partial charge in [0.15, 0.2) is 5.43 Å². The molecular formula is C14H20N4O3. The Bertz CT molecular complexity index is 588. The molecule has 1 aliphatic rings. The van der Waals surface area contributed by atoms with Gasteiger partial charge in [0.25, 0.3) is 5.91 Å². The summed E-state index contributed by atoms with van der Waals surface area (Å²) in [5, 5.41) is 2.73. The molecule has 2 N–H and O–H groups in total. The number of hydrogen-bond donors (Lipinski definition) is 2. The molecule has 0 bridgehead atoms. The quantitative estimate of drug-likeness (QED) is 0.815. The van der Waals surface area contributed by atoms with E-state index in [4.69, 9.17) is 0 Å². The molecule has 7 heteroatoms. The molecule has 0 radical (unpaired) electrons. The summed E-state index contributed by atoms with van der Waals surface area (Å²) in [5.41, 5.74) is 0.590. The zero-order chi connectivity index (χ0) is 15.4. The lowest BCUT2D eigenvalue weighted by atomic mass is 10.2. The predicted molar refractivity (Wildman–Crippen MR) is 78.3 cm³/mol. The molecule has 2 rings (SSSR count). The number of H-pyrrole nitrogens is 1. The molecule has 0 unspecified atom stereocenters. The van der Waals surface area contributed by atoms with Gasteiger partial charge in [-0.05, 0) is 13.8 Å². The fraction of sp³-hybridized carbons (Fsp3) is 0.500. The van der Waals surface area contributed by atoms with Crippen molar-refractivity contribution in [3.63, 3.8) is 0 Å². The van der Waals surface area contributed by atoms with Crippen LogP contribution in [0.25, 0.3) is 0 Å². The Morgan fingerprint density at radius 3 is 2.43 bits per heavy atom. The van der Waals surface area contributed by atoms with Crippen molar-refractivity contribution >= 4 is 11.9 Å². The van der Waals surface area contributed by atoms with Crippen LogP contribution in [0.15, 0.2) is 17.1 Å². The molecule has 7 nitrogen and oxygen atoms in total. The van der Waals surface area contributed by atoms with E-state index >= 15 is 0 Å². The summed E-state index contributed by atoms with van der Waals surface area (Å²) in [5.74, 6) is -0.285. The van der Waals surface area contributed by atoms with E-state index in [-0.39, 0.29) is 22.9 Å². The molecule has 114 valence electrons. The first-order valence-corrected chi connectivity index (χ1v) is 7.04. The van der Waals surface area contributed by atoms with Crippen LogP contribution < -0.4 is 10.7 Å². The number of pyridine rings is 1. The van der Waals surface area contributed by atoms with Crippen LogP contribution in [0, 0.1) is 6.92 Å². The number of urea groups is 1. The Kier molecular flexibility index (Phi) is 4.62. The van der Waals surface area contributed by atoms with E-state index in [0.29, 0.717) is 32.7 Å². The standard InChI is InChI=1S/C14H20N4O3/c1-3-15-14(21)18-6-4-17(5-7-18)13(20)11-9-16-10(2)8-12(11)19/h8-9H,3-7H2,1-2H3,(H,15,21)(H,16,19). The molecule has 2 heterocycles. The van der Waals surface area contributed by atoms with Crippen LogP contribution in [0.4, 0.5) is 4.79 Å². The zero-order valence-corrected chi connectivity index (χ0v) is 12.3. The smallest absolute Gasteiger partial charge is 0.317 e. The van der Waals surface area contributed by atoms with Gasteiger partial charge in [-0.15, -0.1) is 0 Å². The molecule has 0 atom stereocenters. The fourth-order valence-electron chi connectivity index (χ4n) is 2.29. The number of nitrogens with zero attached hydrogens (tertiary/aromatic N) is 2. The summed E-state index contributed by atoms with van der Waals surface area (Å²) in [6, 6.07) is 1.30. The Labute approximate surface area is 122 Å². The van der Waals surface area contributed by atoms with Gasteiger partial charge in [0.1, 0.15) is 5.56 Å². The Hall–Kier alpha value is -2.31. The first-order valence-electron chi connectivity index (χ1n) is 7.04. The maximum atomic E-state index is 12.3. The second-order valence-corrected chi connectivity index (χ2v) is 5.01. The SMILES string of the molecule is CCNC(=O)N1CCN(C(=O)c2c[nH]c(C)cc2=O)CC1. The van der Waals surface area contributed by atoms with Gasteiger partial charge in [0, 0.05) is 50.7 Å². The highest BCUT2D eigenvalue weighted by Crippen LogP contribution is 2.06. The average Bonchev–Trinajstić information content (AvgIpc) is 2.47. The Morgan fingerprint density at radius 2 is 1.86 bits per heavy atom. The summed E-state index contributed by atoms with van der Waals surface area (Å²) < 4.78 is 0. The van der Waals surface area contributed by atoms with Crippen LogP contribution >= 0.6 is 0 Å². The molecule has 1 saturated heterocycles. The lowest BCUT2D eigenvalue weighted by Crippen LogP contribution is -2.53. The highest BCUT2D eigenvalue weighted by molar-refractivity contribution is 5.94. The van der Waals surface area contributed by atoms with Crippen molar-refractivity contribution in [1.29, 1.82) is 0 Å². The van der Waals surface area contributed by atoms with Gasteiger partial charge in [-0.3, -0.25) is 9.59 Å². The molecule has 0 spiro atoms. The maximum Gasteiger partial charge on any atom is 0.317 e. The highest BCUT2D eigenvalue weighted by Gasteiger charge is 2.25. The van der Waals surface area contributed by atoms with E-state index in [1.165, 1.54) is 12.3 Å². The third-order valence-corrected chi connectivity index (χ3v) is 3.47. The van der Waals surface area contributed by atoms with Crippen molar-refractivity contribution in [1.82, 2.24) is 20.1 Å². The van der Waals surface area contributed by atoms with E-state index in [1.807, 2.05) is 6.92 Å². The number of aromatic amines is 1. The van der Waals surface area contributed by atoms with Crippen molar-refractivity contribution in [3.8, 4) is 0 Å². The van der Waals surface area contributed by atoms with Crippen LogP contribution in [0.2, 0.25) is 0 Å². The second-order valence-electron chi connectivity index (χ2n) is 5.01. The molecule has 3 amide bonds. The first-order chi connectivity index (χ1) is 10.0. The van der Waals surface area contributed by atoms with Gasteiger partial charge in [-0.2, -0.15) is 0 Å². The average molecular weight is 292 g/mol. The van der Waals surface area contributed by atoms with Crippen molar-refractivity contribution in [2.45, 2.75) is 13.8 Å². The normalized spacial score (nSPS) is 15.0. The van der Waals surface area contributed by atoms with E-state index in [0.717, 1.165) is 5.69 Å². The second kappa shape index (κ2) is 6.43. The monoisotopic (exact) mass is 292 g/mol. The molecule has 21 heavy (non-hydrogen) atoms. The molecule has 1 fully saturated rings. The van der Waals surface area contributed by atoms with E-state index in [1.54, 1.807) is 16.7 Å².